The molecule has 32 heavy (non-hydrogen) atoms. The van der Waals surface area contributed by atoms with E-state index in [-0.39, 0.29) is 11.6 Å². The molecule has 1 heterocycles. The van der Waals surface area contributed by atoms with Crippen molar-refractivity contribution in [2.24, 2.45) is 0 Å². The second-order valence-electron chi connectivity index (χ2n) is 7.44. The van der Waals surface area contributed by atoms with Crippen LogP contribution in [0.1, 0.15) is 22.3 Å². The Morgan fingerprint density at radius 1 is 0.969 bits per heavy atom. The van der Waals surface area contributed by atoms with E-state index in [0.717, 1.165) is 17.7 Å². The highest BCUT2D eigenvalue weighted by Gasteiger charge is 2.27. The van der Waals surface area contributed by atoms with Gasteiger partial charge in [0.1, 0.15) is 5.82 Å². The quantitative estimate of drug-likeness (QED) is 0.480. The van der Waals surface area contributed by atoms with Gasteiger partial charge in [-0.2, -0.15) is 0 Å². The van der Waals surface area contributed by atoms with E-state index >= 15 is 0 Å². The summed E-state index contributed by atoms with van der Waals surface area (Å²) in [5, 5.41) is 3.61. The molecular formula is C24H20Cl2FN3O2. The molecule has 3 aromatic carbocycles. The molecule has 1 aliphatic rings. The van der Waals surface area contributed by atoms with E-state index in [1.807, 2.05) is 6.07 Å². The first kappa shape index (κ1) is 22.1. The number of nitrogens with zero attached hydrogens (tertiary/aromatic N) is 2. The maximum absolute atomic E-state index is 13.8. The standard InChI is InChI=1S/C24H20Cl2FN3O2/c25-20-11-6-16(14-21(20)26)15-29-12-3-13-30(24(29)32)18-9-7-17(8-10-18)28-23(31)19-4-1-2-5-22(19)27/h1-2,4-11,14H,3,12-13,15H2,(H,28,31). The summed E-state index contributed by atoms with van der Waals surface area (Å²) < 4.78 is 13.8. The minimum atomic E-state index is -0.581. The normalized spacial score (nSPS) is 13.9. The molecule has 1 N–H and O–H groups in total. The zero-order chi connectivity index (χ0) is 22.7. The number of halogens is 3. The third-order valence-corrected chi connectivity index (χ3v) is 5.96. The number of carbonyl (C=O) groups excluding carboxylic acids is 2. The molecule has 3 amide bonds. The van der Waals surface area contributed by atoms with Gasteiger partial charge in [-0.05, 0) is 60.5 Å². The average molecular weight is 472 g/mol. The van der Waals surface area contributed by atoms with Crippen molar-refractivity contribution in [1.82, 2.24) is 4.90 Å². The largest absolute Gasteiger partial charge is 0.324 e. The Morgan fingerprint density at radius 3 is 2.44 bits per heavy atom. The van der Waals surface area contributed by atoms with E-state index < -0.39 is 11.7 Å². The van der Waals surface area contributed by atoms with Gasteiger partial charge in [-0.15, -0.1) is 0 Å². The maximum atomic E-state index is 13.8. The van der Waals surface area contributed by atoms with Crippen molar-refractivity contribution in [3.63, 3.8) is 0 Å². The van der Waals surface area contributed by atoms with E-state index in [2.05, 4.69) is 5.32 Å². The van der Waals surface area contributed by atoms with Crippen LogP contribution in [0.2, 0.25) is 10.0 Å². The fraction of sp³-hybridized carbons (Fsp3) is 0.167. The van der Waals surface area contributed by atoms with Crippen molar-refractivity contribution in [2.45, 2.75) is 13.0 Å². The average Bonchev–Trinajstić information content (AvgIpc) is 2.78. The van der Waals surface area contributed by atoms with E-state index in [9.17, 15) is 14.0 Å². The molecule has 0 bridgehead atoms. The molecule has 5 nitrogen and oxygen atoms in total. The molecular weight excluding hydrogens is 452 g/mol. The first-order valence-corrected chi connectivity index (χ1v) is 10.8. The summed E-state index contributed by atoms with van der Waals surface area (Å²) in [6.07, 6.45) is 0.818. The lowest BCUT2D eigenvalue weighted by Crippen LogP contribution is -2.49. The first-order valence-electron chi connectivity index (χ1n) is 10.1. The number of benzene rings is 3. The summed E-state index contributed by atoms with van der Waals surface area (Å²) >= 11 is 12.1. The molecule has 0 unspecified atom stereocenters. The van der Waals surface area contributed by atoms with E-state index in [1.165, 1.54) is 18.2 Å². The summed E-state index contributed by atoms with van der Waals surface area (Å²) in [5.41, 5.74) is 2.11. The van der Waals surface area contributed by atoms with Crippen LogP contribution in [0.4, 0.5) is 20.6 Å². The number of anilines is 2. The molecule has 3 aromatic rings. The Hall–Kier alpha value is -3.09. The third-order valence-electron chi connectivity index (χ3n) is 5.22. The monoisotopic (exact) mass is 471 g/mol. The van der Waals surface area contributed by atoms with Gasteiger partial charge in [-0.25, -0.2) is 9.18 Å². The summed E-state index contributed by atoms with van der Waals surface area (Å²) in [5.74, 6) is -1.11. The van der Waals surface area contributed by atoms with Crippen LogP contribution in [0.3, 0.4) is 0 Å². The summed E-state index contributed by atoms with van der Waals surface area (Å²) in [7, 11) is 0. The van der Waals surface area contributed by atoms with Gasteiger partial charge >= 0.3 is 6.03 Å². The molecule has 1 fully saturated rings. The Morgan fingerprint density at radius 2 is 1.72 bits per heavy atom. The van der Waals surface area contributed by atoms with Crippen molar-refractivity contribution in [3.8, 4) is 0 Å². The van der Waals surface area contributed by atoms with Gasteiger partial charge < -0.3 is 10.2 Å². The molecule has 0 spiro atoms. The van der Waals surface area contributed by atoms with Crippen LogP contribution in [-0.4, -0.2) is 29.9 Å². The van der Waals surface area contributed by atoms with Gasteiger partial charge in [0.25, 0.3) is 5.91 Å². The SMILES string of the molecule is O=C(Nc1ccc(N2CCCN(Cc3ccc(Cl)c(Cl)c3)C2=O)cc1)c1ccccc1F. The number of carbonyl (C=O) groups is 2. The predicted octanol–water partition coefficient (Wildman–Crippen LogP) is 6.22. The van der Waals surface area contributed by atoms with Gasteiger partial charge in [-0.3, -0.25) is 9.69 Å². The van der Waals surface area contributed by atoms with Crippen molar-refractivity contribution >= 4 is 46.5 Å². The highest BCUT2D eigenvalue weighted by Crippen LogP contribution is 2.26. The highest BCUT2D eigenvalue weighted by atomic mass is 35.5. The van der Waals surface area contributed by atoms with Gasteiger partial charge in [0, 0.05) is 31.0 Å². The second kappa shape index (κ2) is 9.59. The molecule has 4 rings (SSSR count). The molecule has 0 aliphatic carbocycles. The molecule has 1 aliphatic heterocycles. The van der Waals surface area contributed by atoms with Crippen LogP contribution in [0.15, 0.2) is 66.7 Å². The Balaban J connectivity index is 1.44. The number of urea groups is 1. The van der Waals surface area contributed by atoms with Crippen molar-refractivity contribution in [1.29, 1.82) is 0 Å². The topological polar surface area (TPSA) is 52.7 Å². The van der Waals surface area contributed by atoms with Crippen LogP contribution in [0.25, 0.3) is 0 Å². The van der Waals surface area contributed by atoms with Crippen LogP contribution >= 0.6 is 23.2 Å². The zero-order valence-corrected chi connectivity index (χ0v) is 18.5. The van der Waals surface area contributed by atoms with Gasteiger partial charge in [0.05, 0.1) is 15.6 Å². The fourth-order valence-corrected chi connectivity index (χ4v) is 3.92. The number of amides is 3. The smallest absolute Gasteiger partial charge is 0.322 e. The number of hydrogen-bond acceptors (Lipinski definition) is 2. The van der Waals surface area contributed by atoms with Crippen LogP contribution in [0, 0.1) is 5.82 Å². The summed E-state index contributed by atoms with van der Waals surface area (Å²) in [4.78, 5) is 28.8. The Bertz CT molecular complexity index is 1150. The van der Waals surface area contributed by atoms with Crippen molar-refractivity contribution in [2.75, 3.05) is 23.3 Å². The lowest BCUT2D eigenvalue weighted by molar-refractivity contribution is 0.102. The molecule has 0 radical (unpaired) electrons. The minimum Gasteiger partial charge on any atom is -0.322 e. The molecule has 1 saturated heterocycles. The van der Waals surface area contributed by atoms with Crippen LogP contribution in [0.5, 0.6) is 0 Å². The van der Waals surface area contributed by atoms with Gasteiger partial charge in [-0.1, -0.05) is 41.4 Å². The van der Waals surface area contributed by atoms with E-state index in [0.29, 0.717) is 35.4 Å². The Labute approximate surface area is 195 Å². The summed E-state index contributed by atoms with van der Waals surface area (Å²) in [6, 6.07) is 17.9. The van der Waals surface area contributed by atoms with Crippen molar-refractivity contribution in [3.05, 3.63) is 93.7 Å². The minimum absolute atomic E-state index is 0.0271. The van der Waals surface area contributed by atoms with Gasteiger partial charge in [0.2, 0.25) is 0 Å². The maximum Gasteiger partial charge on any atom is 0.324 e. The molecule has 8 heteroatoms. The van der Waals surface area contributed by atoms with Gasteiger partial charge in [0.15, 0.2) is 0 Å². The molecule has 164 valence electrons. The number of hydrogen-bond donors (Lipinski definition) is 1. The number of rotatable bonds is 5. The predicted molar refractivity (Wildman–Crippen MR) is 125 cm³/mol. The van der Waals surface area contributed by atoms with E-state index in [1.54, 1.807) is 52.3 Å². The molecule has 0 atom stereocenters. The molecule has 0 aromatic heterocycles. The lowest BCUT2D eigenvalue weighted by atomic mass is 10.1. The third kappa shape index (κ3) is 4.87. The highest BCUT2D eigenvalue weighted by molar-refractivity contribution is 6.42. The second-order valence-corrected chi connectivity index (χ2v) is 8.25. The molecule has 0 saturated carbocycles. The zero-order valence-electron chi connectivity index (χ0n) is 17.0. The van der Waals surface area contributed by atoms with Crippen molar-refractivity contribution < 1.29 is 14.0 Å². The van der Waals surface area contributed by atoms with E-state index in [4.69, 9.17) is 23.2 Å². The number of nitrogens with one attached hydrogen (secondary N) is 1. The van der Waals surface area contributed by atoms with Crippen LogP contribution < -0.4 is 10.2 Å². The van der Waals surface area contributed by atoms with Crippen LogP contribution in [-0.2, 0) is 6.54 Å². The fourth-order valence-electron chi connectivity index (χ4n) is 3.59. The lowest BCUT2D eigenvalue weighted by Gasteiger charge is -2.35. The Kier molecular flexibility index (Phi) is 6.63. The summed E-state index contributed by atoms with van der Waals surface area (Å²) in [6.45, 7) is 1.67. The first-order chi connectivity index (χ1) is 15.4.